The number of hydrogen-bond acceptors (Lipinski definition) is 5. The number of amides is 1. The highest BCUT2D eigenvalue weighted by Crippen LogP contribution is 2.41. The Balaban J connectivity index is 1.61. The van der Waals surface area contributed by atoms with E-state index in [1.165, 1.54) is 4.90 Å². The first-order chi connectivity index (χ1) is 18.4. The molecule has 0 spiro atoms. The van der Waals surface area contributed by atoms with Gasteiger partial charge in [0.2, 0.25) is 0 Å². The van der Waals surface area contributed by atoms with Crippen molar-refractivity contribution in [2.24, 2.45) is 0 Å². The molecule has 190 valence electrons. The summed E-state index contributed by atoms with van der Waals surface area (Å²) in [6, 6.07) is 26.7. The van der Waals surface area contributed by atoms with E-state index in [4.69, 9.17) is 4.74 Å². The fourth-order valence-electron chi connectivity index (χ4n) is 4.96. The molecule has 4 aromatic carbocycles. The molecule has 1 heterocycles. The first-order valence-corrected chi connectivity index (χ1v) is 12.5. The van der Waals surface area contributed by atoms with Gasteiger partial charge in [-0.05, 0) is 47.9 Å². The Kier molecular flexibility index (Phi) is 6.79. The number of carbonyl (C=O) groups excluding carboxylic acids is 3. The lowest BCUT2D eigenvalue weighted by Crippen LogP contribution is -2.29. The maximum Gasteiger partial charge on any atom is 0.338 e. The van der Waals surface area contributed by atoms with Gasteiger partial charge in [0.05, 0.1) is 23.8 Å². The average Bonchev–Trinajstić information content (AvgIpc) is 3.18. The van der Waals surface area contributed by atoms with Crippen molar-refractivity contribution in [2.75, 3.05) is 6.61 Å². The quantitative estimate of drug-likeness (QED) is 0.152. The number of ether oxygens (including phenoxy) is 1. The third-order valence-electron chi connectivity index (χ3n) is 6.76. The summed E-state index contributed by atoms with van der Waals surface area (Å²) < 4.78 is 5.05. The maximum atomic E-state index is 13.5. The molecule has 0 aromatic heterocycles. The fourth-order valence-corrected chi connectivity index (χ4v) is 4.96. The number of fused-ring (bicyclic) bond motifs is 1. The van der Waals surface area contributed by atoms with E-state index in [1.54, 1.807) is 37.3 Å². The van der Waals surface area contributed by atoms with Gasteiger partial charge in [-0.2, -0.15) is 0 Å². The number of likely N-dealkylation sites (tertiary alicyclic amines) is 1. The second-order valence-corrected chi connectivity index (χ2v) is 9.29. The van der Waals surface area contributed by atoms with Crippen molar-refractivity contribution >= 4 is 34.2 Å². The first-order valence-electron chi connectivity index (χ1n) is 12.5. The number of ketones is 1. The number of nitrogens with zero attached hydrogens (tertiary/aromatic N) is 1. The molecule has 1 aliphatic heterocycles. The molecular weight excluding hydrogens is 478 g/mol. The van der Waals surface area contributed by atoms with Crippen LogP contribution >= 0.6 is 0 Å². The summed E-state index contributed by atoms with van der Waals surface area (Å²) in [4.78, 5) is 40.4. The van der Waals surface area contributed by atoms with E-state index < -0.39 is 23.7 Å². The Labute approximate surface area is 220 Å². The number of esters is 1. The van der Waals surface area contributed by atoms with Crippen molar-refractivity contribution in [3.63, 3.8) is 0 Å². The number of Topliss-reactive ketones (excluding diaryl/α,β-unsaturated/α-hetero) is 1. The monoisotopic (exact) mass is 505 g/mol. The van der Waals surface area contributed by atoms with Gasteiger partial charge in [0.1, 0.15) is 5.76 Å². The van der Waals surface area contributed by atoms with Crippen LogP contribution in [0.15, 0.2) is 96.6 Å². The van der Waals surface area contributed by atoms with Gasteiger partial charge < -0.3 is 14.7 Å². The summed E-state index contributed by atoms with van der Waals surface area (Å²) in [5, 5.41) is 13.3. The van der Waals surface area contributed by atoms with E-state index in [1.807, 2.05) is 67.6 Å². The number of hydrogen-bond donors (Lipinski definition) is 1. The summed E-state index contributed by atoms with van der Waals surface area (Å²) in [5.74, 6) is -2.04. The van der Waals surface area contributed by atoms with E-state index in [-0.39, 0.29) is 24.5 Å². The first kappa shape index (κ1) is 25.0. The third-order valence-corrected chi connectivity index (χ3v) is 6.76. The van der Waals surface area contributed by atoms with Crippen molar-refractivity contribution in [3.8, 4) is 0 Å². The van der Waals surface area contributed by atoms with Crippen LogP contribution in [0.3, 0.4) is 0 Å². The smallest absolute Gasteiger partial charge is 0.338 e. The van der Waals surface area contributed by atoms with Crippen LogP contribution in [0.4, 0.5) is 0 Å². The lowest BCUT2D eigenvalue weighted by molar-refractivity contribution is -0.140. The SMILES string of the molecule is CCOC(=O)c1ccc(CN2C(=O)C(=O)/C(=C(\O)c3cccc4ccccc34)C2c2cccc(C)c2)cc1. The summed E-state index contributed by atoms with van der Waals surface area (Å²) in [7, 11) is 0. The number of aryl methyl sites for hydroxylation is 1. The average molecular weight is 506 g/mol. The molecule has 1 atom stereocenters. The molecule has 0 radical (unpaired) electrons. The van der Waals surface area contributed by atoms with Gasteiger partial charge in [-0.25, -0.2) is 4.79 Å². The number of aliphatic hydroxyl groups is 1. The van der Waals surface area contributed by atoms with E-state index in [0.29, 0.717) is 11.1 Å². The van der Waals surface area contributed by atoms with Crippen molar-refractivity contribution < 1.29 is 24.2 Å². The highest BCUT2D eigenvalue weighted by atomic mass is 16.5. The largest absolute Gasteiger partial charge is 0.507 e. The third kappa shape index (κ3) is 4.57. The number of benzene rings is 4. The lowest BCUT2D eigenvalue weighted by Gasteiger charge is -2.26. The van der Waals surface area contributed by atoms with Crippen molar-refractivity contribution in [2.45, 2.75) is 26.4 Å². The molecule has 1 saturated heterocycles. The van der Waals surface area contributed by atoms with Crippen molar-refractivity contribution in [1.82, 2.24) is 4.90 Å². The second-order valence-electron chi connectivity index (χ2n) is 9.29. The molecule has 1 aliphatic rings. The van der Waals surface area contributed by atoms with Crippen LogP contribution in [0.25, 0.3) is 16.5 Å². The predicted octanol–water partition coefficient (Wildman–Crippen LogP) is 5.95. The van der Waals surface area contributed by atoms with Crippen LogP contribution in [0.2, 0.25) is 0 Å². The topological polar surface area (TPSA) is 83.9 Å². The molecule has 0 aliphatic carbocycles. The zero-order chi connectivity index (χ0) is 26.8. The zero-order valence-electron chi connectivity index (χ0n) is 21.2. The van der Waals surface area contributed by atoms with E-state index in [2.05, 4.69) is 0 Å². The van der Waals surface area contributed by atoms with Crippen molar-refractivity contribution in [3.05, 3.63) is 124 Å². The van der Waals surface area contributed by atoms with Crippen LogP contribution in [0.5, 0.6) is 0 Å². The lowest BCUT2D eigenvalue weighted by atomic mass is 9.92. The van der Waals surface area contributed by atoms with Gasteiger partial charge in [0.25, 0.3) is 11.7 Å². The van der Waals surface area contributed by atoms with Crippen LogP contribution in [0.1, 0.15) is 45.6 Å². The Hall–Kier alpha value is -4.71. The van der Waals surface area contributed by atoms with E-state index >= 15 is 0 Å². The van der Waals surface area contributed by atoms with Gasteiger partial charge in [-0.15, -0.1) is 0 Å². The molecule has 0 saturated carbocycles. The van der Waals surface area contributed by atoms with Gasteiger partial charge >= 0.3 is 5.97 Å². The molecule has 0 bridgehead atoms. The highest BCUT2D eigenvalue weighted by Gasteiger charge is 2.46. The Morgan fingerprint density at radius 1 is 0.921 bits per heavy atom. The summed E-state index contributed by atoms with van der Waals surface area (Å²) in [6.45, 7) is 4.08. The molecule has 6 nitrogen and oxygen atoms in total. The molecule has 4 aromatic rings. The summed E-state index contributed by atoms with van der Waals surface area (Å²) in [5.41, 5.74) is 3.40. The molecular formula is C32H27NO5. The molecule has 38 heavy (non-hydrogen) atoms. The number of carbonyl (C=O) groups is 3. The van der Waals surface area contributed by atoms with Crippen molar-refractivity contribution in [1.29, 1.82) is 0 Å². The standard InChI is InChI=1S/C32H27NO5/c1-3-38-32(37)23-16-14-21(15-17-23)19-33-28(24-11-6-8-20(2)18-24)27(30(35)31(33)36)29(34)26-13-7-10-22-9-4-5-12-25(22)26/h4-18,28,34H,3,19H2,1-2H3/b29-27-. The normalized spacial score (nSPS) is 16.7. The summed E-state index contributed by atoms with van der Waals surface area (Å²) in [6.07, 6.45) is 0. The zero-order valence-corrected chi connectivity index (χ0v) is 21.2. The van der Waals surface area contributed by atoms with Gasteiger partial charge in [0.15, 0.2) is 0 Å². The molecule has 1 unspecified atom stereocenters. The van der Waals surface area contributed by atoms with Crippen LogP contribution < -0.4 is 0 Å². The number of rotatable bonds is 6. The van der Waals surface area contributed by atoms with Crippen LogP contribution in [-0.4, -0.2) is 34.3 Å². The van der Waals surface area contributed by atoms with Crippen LogP contribution in [-0.2, 0) is 20.9 Å². The van der Waals surface area contributed by atoms with Gasteiger partial charge in [0, 0.05) is 12.1 Å². The highest BCUT2D eigenvalue weighted by molar-refractivity contribution is 6.46. The minimum absolute atomic E-state index is 0.0556. The van der Waals surface area contributed by atoms with Gasteiger partial charge in [-0.3, -0.25) is 9.59 Å². The van der Waals surface area contributed by atoms with Gasteiger partial charge in [-0.1, -0.05) is 84.4 Å². The molecule has 1 N–H and O–H groups in total. The molecule has 5 rings (SSSR count). The summed E-state index contributed by atoms with van der Waals surface area (Å²) >= 11 is 0. The predicted molar refractivity (Wildman–Crippen MR) is 145 cm³/mol. The molecule has 6 heteroatoms. The molecule has 1 fully saturated rings. The van der Waals surface area contributed by atoms with Crippen LogP contribution in [0, 0.1) is 6.92 Å². The Morgan fingerprint density at radius 2 is 1.63 bits per heavy atom. The van der Waals surface area contributed by atoms with E-state index in [9.17, 15) is 19.5 Å². The minimum atomic E-state index is -0.779. The Morgan fingerprint density at radius 3 is 2.37 bits per heavy atom. The number of aliphatic hydroxyl groups excluding tert-OH is 1. The minimum Gasteiger partial charge on any atom is -0.507 e. The Bertz CT molecular complexity index is 1580. The second kappa shape index (κ2) is 10.3. The molecule has 1 amide bonds. The maximum absolute atomic E-state index is 13.5. The van der Waals surface area contributed by atoms with E-state index in [0.717, 1.165) is 27.5 Å². The fraction of sp³-hybridized carbons (Fsp3) is 0.156.